The van der Waals surface area contributed by atoms with Crippen molar-refractivity contribution in [2.24, 2.45) is 0 Å². The molecule has 0 aliphatic rings. The van der Waals surface area contributed by atoms with E-state index in [1.807, 2.05) is 6.07 Å². The fraction of sp³-hybridized carbons (Fsp3) is 0.150. The third-order valence-corrected chi connectivity index (χ3v) is 4.15. The Morgan fingerprint density at radius 3 is 2.26 bits per heavy atom. The summed E-state index contributed by atoms with van der Waals surface area (Å²) >= 11 is 0. The number of carbonyl (C=O) groups excluding carboxylic acids is 2. The Bertz CT molecular complexity index is 1010. The number of aromatic nitrogens is 2. The zero-order chi connectivity index (χ0) is 19.6. The Kier molecular flexibility index (Phi) is 4.94. The van der Waals surface area contributed by atoms with Crippen molar-refractivity contribution >= 4 is 11.9 Å². The van der Waals surface area contributed by atoms with Gasteiger partial charge in [0.2, 0.25) is 0 Å². The van der Waals surface area contributed by atoms with Crippen LogP contribution in [0.5, 0.6) is 5.75 Å². The van der Waals surface area contributed by atoms with Crippen LogP contribution in [0.15, 0.2) is 48.5 Å². The van der Waals surface area contributed by atoms with Crippen LogP contribution in [0.2, 0.25) is 0 Å². The minimum atomic E-state index is -0.756. The molecule has 138 valence electrons. The summed E-state index contributed by atoms with van der Waals surface area (Å²) < 4.78 is 11.1. The van der Waals surface area contributed by atoms with Crippen molar-refractivity contribution in [3.8, 4) is 22.7 Å². The second kappa shape index (κ2) is 7.33. The summed E-state index contributed by atoms with van der Waals surface area (Å²) in [5.41, 5.74) is 1.46. The normalized spacial score (nSPS) is 10.5. The number of aryl methyl sites for hydroxylation is 1. The molecule has 0 aliphatic carbocycles. The Morgan fingerprint density at radius 2 is 1.63 bits per heavy atom. The van der Waals surface area contributed by atoms with Crippen molar-refractivity contribution in [3.05, 3.63) is 65.4 Å². The lowest BCUT2D eigenvalue weighted by Gasteiger charge is -2.07. The van der Waals surface area contributed by atoms with E-state index in [4.69, 9.17) is 9.47 Å². The largest absolute Gasteiger partial charge is 0.507 e. The fourth-order valence-corrected chi connectivity index (χ4v) is 2.79. The molecule has 0 saturated carbocycles. The molecule has 0 bridgehead atoms. The van der Waals surface area contributed by atoms with Crippen LogP contribution >= 0.6 is 0 Å². The zero-order valence-electron chi connectivity index (χ0n) is 15.1. The van der Waals surface area contributed by atoms with Crippen LogP contribution in [0, 0.1) is 6.92 Å². The van der Waals surface area contributed by atoms with Gasteiger partial charge in [-0.15, -0.1) is 0 Å². The molecule has 0 spiro atoms. The molecule has 3 rings (SSSR count). The molecule has 7 heteroatoms. The molecule has 0 aliphatic heterocycles. The molecule has 0 fully saturated rings. The molecule has 0 radical (unpaired) electrons. The van der Waals surface area contributed by atoms with Crippen molar-refractivity contribution in [2.45, 2.75) is 6.92 Å². The van der Waals surface area contributed by atoms with E-state index in [-0.39, 0.29) is 22.7 Å². The minimum Gasteiger partial charge on any atom is -0.507 e. The summed E-state index contributed by atoms with van der Waals surface area (Å²) in [5.74, 6) is -1.53. The van der Waals surface area contributed by atoms with E-state index in [0.29, 0.717) is 16.8 Å². The molecule has 0 amide bonds. The number of hydrogen-bond donors (Lipinski definition) is 1. The van der Waals surface area contributed by atoms with Gasteiger partial charge in [-0.1, -0.05) is 30.3 Å². The SMILES string of the molecule is COC(=O)c1c(-c2cccc(C)c2O)nn(-c2ccccc2)c1C(=O)OC. The number of rotatable bonds is 4. The van der Waals surface area contributed by atoms with Gasteiger partial charge in [0, 0.05) is 5.56 Å². The molecule has 2 aromatic carbocycles. The van der Waals surface area contributed by atoms with Crippen LogP contribution in [-0.4, -0.2) is 41.0 Å². The average Bonchev–Trinajstić information content (AvgIpc) is 3.09. The first-order chi connectivity index (χ1) is 13.0. The standard InChI is InChI=1S/C20H18N2O5/c1-12-8-7-11-14(18(12)23)16-15(19(24)26-2)17(20(25)27-3)22(21-16)13-9-5-4-6-10-13/h4-11,23H,1-3H3. The summed E-state index contributed by atoms with van der Waals surface area (Å²) in [6.45, 7) is 1.73. The number of esters is 2. The number of benzene rings is 2. The summed E-state index contributed by atoms with van der Waals surface area (Å²) in [7, 11) is 2.43. The zero-order valence-corrected chi connectivity index (χ0v) is 15.1. The number of nitrogens with zero attached hydrogens (tertiary/aromatic N) is 2. The summed E-state index contributed by atoms with van der Waals surface area (Å²) in [6, 6.07) is 13.9. The summed E-state index contributed by atoms with van der Waals surface area (Å²) in [5, 5.41) is 14.9. The van der Waals surface area contributed by atoms with Crippen molar-refractivity contribution in [3.63, 3.8) is 0 Å². The van der Waals surface area contributed by atoms with E-state index >= 15 is 0 Å². The number of ether oxygens (including phenoxy) is 2. The van der Waals surface area contributed by atoms with Gasteiger partial charge in [0.25, 0.3) is 0 Å². The van der Waals surface area contributed by atoms with E-state index in [0.717, 1.165) is 0 Å². The van der Waals surface area contributed by atoms with Crippen molar-refractivity contribution in [1.82, 2.24) is 9.78 Å². The first kappa shape index (κ1) is 18.2. The van der Waals surface area contributed by atoms with Crippen LogP contribution < -0.4 is 0 Å². The second-order valence-electron chi connectivity index (χ2n) is 5.77. The Morgan fingerprint density at radius 1 is 0.963 bits per heavy atom. The third-order valence-electron chi connectivity index (χ3n) is 4.15. The molecule has 0 unspecified atom stereocenters. The van der Waals surface area contributed by atoms with Gasteiger partial charge in [-0.3, -0.25) is 0 Å². The highest BCUT2D eigenvalue weighted by atomic mass is 16.5. The summed E-state index contributed by atoms with van der Waals surface area (Å²) in [4.78, 5) is 25.0. The van der Waals surface area contributed by atoms with Crippen molar-refractivity contribution in [1.29, 1.82) is 0 Å². The van der Waals surface area contributed by atoms with Crippen molar-refractivity contribution in [2.75, 3.05) is 14.2 Å². The van der Waals surface area contributed by atoms with Gasteiger partial charge in [-0.2, -0.15) is 5.10 Å². The van der Waals surface area contributed by atoms with Gasteiger partial charge in [-0.25, -0.2) is 14.3 Å². The molecular formula is C20H18N2O5. The van der Waals surface area contributed by atoms with E-state index in [1.165, 1.54) is 18.9 Å². The van der Waals surface area contributed by atoms with E-state index in [2.05, 4.69) is 5.10 Å². The first-order valence-corrected chi connectivity index (χ1v) is 8.13. The molecule has 0 atom stereocenters. The number of phenols is 1. The smallest absolute Gasteiger partial charge is 0.357 e. The number of para-hydroxylation sites is 2. The maximum atomic E-state index is 12.5. The third kappa shape index (κ3) is 3.15. The number of phenolic OH excluding ortho intramolecular Hbond substituents is 1. The van der Waals surface area contributed by atoms with Gasteiger partial charge in [-0.05, 0) is 30.7 Å². The molecule has 1 heterocycles. The van der Waals surface area contributed by atoms with Crippen molar-refractivity contribution < 1.29 is 24.2 Å². The molecular weight excluding hydrogens is 348 g/mol. The van der Waals surface area contributed by atoms with Gasteiger partial charge in [0.05, 0.1) is 19.9 Å². The molecule has 7 nitrogen and oxygen atoms in total. The van der Waals surface area contributed by atoms with Crippen LogP contribution in [0.1, 0.15) is 26.4 Å². The predicted molar refractivity (Wildman–Crippen MR) is 98.1 cm³/mol. The maximum absolute atomic E-state index is 12.5. The first-order valence-electron chi connectivity index (χ1n) is 8.13. The Hall–Kier alpha value is -3.61. The van der Waals surface area contributed by atoms with Crippen LogP contribution in [0.25, 0.3) is 16.9 Å². The lowest BCUT2D eigenvalue weighted by molar-refractivity contribution is 0.0549. The molecule has 1 N–H and O–H groups in total. The highest BCUT2D eigenvalue weighted by molar-refractivity contribution is 6.07. The number of hydrogen-bond acceptors (Lipinski definition) is 6. The Labute approximate surface area is 155 Å². The second-order valence-corrected chi connectivity index (χ2v) is 5.77. The van der Waals surface area contributed by atoms with E-state index < -0.39 is 11.9 Å². The molecule has 3 aromatic rings. The van der Waals surface area contributed by atoms with Gasteiger partial charge in [0.15, 0.2) is 5.69 Å². The van der Waals surface area contributed by atoms with Gasteiger partial charge < -0.3 is 14.6 Å². The van der Waals surface area contributed by atoms with Crippen LogP contribution in [-0.2, 0) is 9.47 Å². The quantitative estimate of drug-likeness (QED) is 0.714. The number of methoxy groups -OCH3 is 2. The van der Waals surface area contributed by atoms with Crippen LogP contribution in [0.4, 0.5) is 0 Å². The monoisotopic (exact) mass is 366 g/mol. The average molecular weight is 366 g/mol. The van der Waals surface area contributed by atoms with Crippen LogP contribution in [0.3, 0.4) is 0 Å². The lowest BCUT2D eigenvalue weighted by Crippen LogP contribution is -2.15. The van der Waals surface area contributed by atoms with Gasteiger partial charge >= 0.3 is 11.9 Å². The molecule has 27 heavy (non-hydrogen) atoms. The topological polar surface area (TPSA) is 90.6 Å². The predicted octanol–water partition coefficient (Wildman–Crippen LogP) is 3.13. The van der Waals surface area contributed by atoms with Gasteiger partial charge in [0.1, 0.15) is 17.0 Å². The van der Waals surface area contributed by atoms with E-state index in [9.17, 15) is 14.7 Å². The fourth-order valence-electron chi connectivity index (χ4n) is 2.79. The molecule has 0 saturated heterocycles. The molecule has 1 aromatic heterocycles. The number of carbonyl (C=O) groups is 2. The lowest BCUT2D eigenvalue weighted by atomic mass is 10.0. The maximum Gasteiger partial charge on any atom is 0.357 e. The minimum absolute atomic E-state index is 0.0308. The van der Waals surface area contributed by atoms with E-state index in [1.54, 1.807) is 49.4 Å². The Balaban J connectivity index is 2.40. The highest BCUT2D eigenvalue weighted by Gasteiger charge is 2.32. The summed E-state index contributed by atoms with van der Waals surface area (Å²) in [6.07, 6.45) is 0. The highest BCUT2D eigenvalue weighted by Crippen LogP contribution is 2.35. The number of aromatic hydroxyl groups is 1.